The van der Waals surface area contributed by atoms with Crippen molar-refractivity contribution in [3.05, 3.63) is 0 Å². The summed E-state index contributed by atoms with van der Waals surface area (Å²) in [7, 11) is 0. The normalized spacial score (nSPS) is 22.9. The van der Waals surface area contributed by atoms with E-state index in [1.807, 2.05) is 0 Å². The minimum Gasteiger partial charge on any atom is -0.327 e. The van der Waals surface area contributed by atoms with E-state index in [9.17, 15) is 0 Å². The highest BCUT2D eigenvalue weighted by Gasteiger charge is 2.17. The largest absolute Gasteiger partial charge is 0.327 e. The first-order chi connectivity index (χ1) is 6.58. The van der Waals surface area contributed by atoms with E-state index in [0.717, 1.165) is 24.8 Å². The van der Waals surface area contributed by atoms with Crippen LogP contribution >= 0.6 is 0 Å². The summed E-state index contributed by atoms with van der Waals surface area (Å²) in [4.78, 5) is 2.53. The molecule has 0 amide bonds. The molecule has 0 radical (unpaired) electrons. The fourth-order valence-electron chi connectivity index (χ4n) is 2.26. The van der Waals surface area contributed by atoms with Gasteiger partial charge in [-0.2, -0.15) is 0 Å². The Balaban J connectivity index is 2.17. The molecule has 0 aromatic heterocycles. The Morgan fingerprint density at radius 2 is 1.86 bits per heavy atom. The van der Waals surface area contributed by atoms with Gasteiger partial charge in [-0.15, -0.1) is 0 Å². The molecule has 1 atom stereocenters. The molecule has 0 aromatic carbocycles. The maximum absolute atomic E-state index is 6.10. The Morgan fingerprint density at radius 3 is 2.36 bits per heavy atom. The van der Waals surface area contributed by atoms with Gasteiger partial charge in [0.15, 0.2) is 0 Å². The first kappa shape index (κ1) is 12.0. The molecule has 14 heavy (non-hydrogen) atoms. The first-order valence-corrected chi connectivity index (χ1v) is 6.06. The van der Waals surface area contributed by atoms with Gasteiger partial charge in [-0.3, -0.25) is 0 Å². The lowest BCUT2D eigenvalue weighted by molar-refractivity contribution is 0.178. The topological polar surface area (TPSA) is 29.3 Å². The zero-order valence-electron chi connectivity index (χ0n) is 10.00. The fourth-order valence-corrected chi connectivity index (χ4v) is 2.26. The molecule has 2 heteroatoms. The van der Waals surface area contributed by atoms with E-state index < -0.39 is 0 Å². The van der Waals surface area contributed by atoms with E-state index >= 15 is 0 Å². The van der Waals surface area contributed by atoms with Crippen LogP contribution in [0, 0.1) is 11.8 Å². The zero-order valence-corrected chi connectivity index (χ0v) is 10.00. The molecule has 1 fully saturated rings. The molecule has 2 N–H and O–H groups in total. The van der Waals surface area contributed by atoms with E-state index in [4.69, 9.17) is 5.73 Å². The summed E-state index contributed by atoms with van der Waals surface area (Å²) in [5, 5.41) is 0. The molecule has 1 unspecified atom stereocenters. The van der Waals surface area contributed by atoms with Crippen molar-refractivity contribution in [3.8, 4) is 0 Å². The van der Waals surface area contributed by atoms with Gasteiger partial charge < -0.3 is 10.6 Å². The maximum atomic E-state index is 6.10. The quantitative estimate of drug-likeness (QED) is 0.749. The smallest absolute Gasteiger partial charge is 0.0170 e. The van der Waals surface area contributed by atoms with Crippen LogP contribution in [0.15, 0.2) is 0 Å². The Bertz CT molecular complexity index is 148. The summed E-state index contributed by atoms with van der Waals surface area (Å²) in [6.45, 7) is 10.5. The zero-order chi connectivity index (χ0) is 10.6. The van der Waals surface area contributed by atoms with Crippen molar-refractivity contribution in [2.24, 2.45) is 17.6 Å². The third kappa shape index (κ3) is 4.43. The number of hydrogen-bond donors (Lipinski definition) is 1. The first-order valence-electron chi connectivity index (χ1n) is 6.06. The third-order valence-corrected chi connectivity index (χ3v) is 3.14. The monoisotopic (exact) mass is 198 g/mol. The van der Waals surface area contributed by atoms with E-state index in [1.54, 1.807) is 0 Å². The summed E-state index contributed by atoms with van der Waals surface area (Å²) >= 11 is 0. The van der Waals surface area contributed by atoms with Gasteiger partial charge in [0.25, 0.3) is 0 Å². The summed E-state index contributed by atoms with van der Waals surface area (Å²) in [5.74, 6) is 1.65. The van der Waals surface area contributed by atoms with E-state index in [-0.39, 0.29) is 0 Å². The van der Waals surface area contributed by atoms with Crippen LogP contribution in [0.1, 0.15) is 40.0 Å². The molecular weight excluding hydrogens is 172 g/mol. The van der Waals surface area contributed by atoms with Crippen LogP contribution in [0.2, 0.25) is 0 Å². The van der Waals surface area contributed by atoms with Crippen molar-refractivity contribution in [2.75, 3.05) is 19.6 Å². The molecular formula is C12H26N2. The summed E-state index contributed by atoms with van der Waals surface area (Å²) < 4.78 is 0. The van der Waals surface area contributed by atoms with Crippen LogP contribution in [0.5, 0.6) is 0 Å². The van der Waals surface area contributed by atoms with Gasteiger partial charge in [0.1, 0.15) is 0 Å². The van der Waals surface area contributed by atoms with Gasteiger partial charge in [0.2, 0.25) is 0 Å². The molecule has 1 saturated heterocycles. The van der Waals surface area contributed by atoms with Crippen molar-refractivity contribution in [3.63, 3.8) is 0 Å². The lowest BCUT2D eigenvalue weighted by Crippen LogP contribution is -2.42. The van der Waals surface area contributed by atoms with Crippen LogP contribution in [0.25, 0.3) is 0 Å². The number of hydrogen-bond acceptors (Lipinski definition) is 2. The average Bonchev–Trinajstić information content (AvgIpc) is 2.07. The Kier molecular flexibility index (Phi) is 4.90. The predicted octanol–water partition coefficient (Wildman–Crippen LogP) is 2.09. The number of rotatable bonds is 4. The number of piperidine rings is 1. The van der Waals surface area contributed by atoms with E-state index in [0.29, 0.717) is 6.04 Å². The van der Waals surface area contributed by atoms with Gasteiger partial charge in [0, 0.05) is 12.6 Å². The van der Waals surface area contributed by atoms with Gasteiger partial charge in [-0.25, -0.2) is 0 Å². The molecule has 1 aliphatic rings. The standard InChI is InChI=1S/C12H26N2/c1-10(2)8-12(13)9-14-6-4-11(3)5-7-14/h10-12H,4-9,13H2,1-3H3. The summed E-state index contributed by atoms with van der Waals surface area (Å²) in [5.41, 5.74) is 6.10. The highest BCUT2D eigenvalue weighted by Crippen LogP contribution is 2.16. The Morgan fingerprint density at radius 1 is 1.29 bits per heavy atom. The van der Waals surface area contributed by atoms with Crippen LogP contribution in [-0.2, 0) is 0 Å². The second kappa shape index (κ2) is 5.72. The van der Waals surface area contributed by atoms with Gasteiger partial charge in [0.05, 0.1) is 0 Å². The van der Waals surface area contributed by atoms with Gasteiger partial charge >= 0.3 is 0 Å². The number of likely N-dealkylation sites (tertiary alicyclic amines) is 1. The minimum absolute atomic E-state index is 0.378. The lowest BCUT2D eigenvalue weighted by atomic mass is 9.98. The molecule has 0 spiro atoms. The molecule has 2 nitrogen and oxygen atoms in total. The molecule has 84 valence electrons. The molecule has 0 saturated carbocycles. The summed E-state index contributed by atoms with van der Waals surface area (Å²) in [6, 6.07) is 0.378. The van der Waals surface area contributed by atoms with Crippen molar-refractivity contribution in [1.82, 2.24) is 4.90 Å². The molecule has 1 rings (SSSR count). The average molecular weight is 198 g/mol. The molecule has 1 aliphatic heterocycles. The minimum atomic E-state index is 0.378. The molecule has 0 aromatic rings. The molecule has 1 heterocycles. The van der Waals surface area contributed by atoms with Crippen molar-refractivity contribution >= 4 is 0 Å². The van der Waals surface area contributed by atoms with E-state index in [1.165, 1.54) is 25.9 Å². The second-order valence-electron chi connectivity index (χ2n) is 5.37. The molecule has 0 aliphatic carbocycles. The Labute approximate surface area is 88.8 Å². The highest BCUT2D eigenvalue weighted by molar-refractivity contribution is 4.74. The van der Waals surface area contributed by atoms with Crippen LogP contribution in [-0.4, -0.2) is 30.6 Å². The number of nitrogens with two attached hydrogens (primary N) is 1. The fraction of sp³-hybridized carbons (Fsp3) is 1.00. The van der Waals surface area contributed by atoms with Crippen LogP contribution in [0.4, 0.5) is 0 Å². The summed E-state index contributed by atoms with van der Waals surface area (Å²) in [6.07, 6.45) is 3.87. The van der Waals surface area contributed by atoms with Crippen molar-refractivity contribution < 1.29 is 0 Å². The van der Waals surface area contributed by atoms with Gasteiger partial charge in [-0.05, 0) is 44.2 Å². The van der Waals surface area contributed by atoms with Crippen molar-refractivity contribution in [2.45, 2.75) is 46.1 Å². The van der Waals surface area contributed by atoms with Gasteiger partial charge in [-0.1, -0.05) is 20.8 Å². The van der Waals surface area contributed by atoms with E-state index in [2.05, 4.69) is 25.7 Å². The predicted molar refractivity (Wildman–Crippen MR) is 62.3 cm³/mol. The van der Waals surface area contributed by atoms with Crippen LogP contribution in [0.3, 0.4) is 0 Å². The maximum Gasteiger partial charge on any atom is 0.0170 e. The lowest BCUT2D eigenvalue weighted by Gasteiger charge is -2.32. The molecule has 0 bridgehead atoms. The second-order valence-corrected chi connectivity index (χ2v) is 5.37. The highest BCUT2D eigenvalue weighted by atomic mass is 15.1. The van der Waals surface area contributed by atoms with Crippen molar-refractivity contribution in [1.29, 1.82) is 0 Å². The van der Waals surface area contributed by atoms with Crippen LogP contribution < -0.4 is 5.73 Å². The third-order valence-electron chi connectivity index (χ3n) is 3.14. The number of nitrogens with zero attached hydrogens (tertiary/aromatic N) is 1. The SMILES string of the molecule is CC(C)CC(N)CN1CCC(C)CC1. The Hall–Kier alpha value is -0.0800.